The van der Waals surface area contributed by atoms with E-state index in [0.717, 1.165) is 44.9 Å². The highest BCUT2D eigenvalue weighted by Gasteiger charge is 2.20. The molecule has 1 amide bonds. The summed E-state index contributed by atoms with van der Waals surface area (Å²) < 4.78 is 5.50. The van der Waals surface area contributed by atoms with Crippen LogP contribution in [-0.2, 0) is 14.3 Å². The second-order valence-corrected chi connectivity index (χ2v) is 27.7. The summed E-state index contributed by atoms with van der Waals surface area (Å²) in [5, 5.41) is 23.4. The maximum absolute atomic E-state index is 12.5. The lowest BCUT2D eigenvalue weighted by Crippen LogP contribution is -2.45. The van der Waals surface area contributed by atoms with Crippen LogP contribution in [-0.4, -0.2) is 47.4 Å². The molecule has 516 valence electrons. The Morgan fingerprint density at radius 2 is 0.540 bits per heavy atom. The lowest BCUT2D eigenvalue weighted by atomic mass is 10.0. The molecule has 0 aliphatic carbocycles. The first-order valence-corrected chi connectivity index (χ1v) is 40.1. The number of unbranched alkanes of at least 4 members (excludes halogenated alkanes) is 61. The molecule has 0 aliphatic heterocycles. The van der Waals surface area contributed by atoms with Crippen LogP contribution >= 0.6 is 0 Å². The molecule has 0 fully saturated rings. The van der Waals surface area contributed by atoms with Gasteiger partial charge in [0.05, 0.1) is 25.4 Å². The van der Waals surface area contributed by atoms with E-state index < -0.39 is 12.1 Å². The van der Waals surface area contributed by atoms with E-state index in [1.165, 1.54) is 379 Å². The van der Waals surface area contributed by atoms with Crippen LogP contribution in [0.1, 0.15) is 457 Å². The minimum absolute atomic E-state index is 0.0159. The van der Waals surface area contributed by atoms with Crippen LogP contribution in [0.15, 0.2) is 24.3 Å². The van der Waals surface area contributed by atoms with Crippen molar-refractivity contribution in [3.8, 4) is 0 Å². The highest BCUT2D eigenvalue weighted by atomic mass is 16.5. The van der Waals surface area contributed by atoms with Gasteiger partial charge in [0.15, 0.2) is 0 Å². The third-order valence-corrected chi connectivity index (χ3v) is 19.0. The lowest BCUT2D eigenvalue weighted by molar-refractivity contribution is -0.143. The maximum atomic E-state index is 12.5. The number of rotatable bonds is 76. The van der Waals surface area contributed by atoms with Gasteiger partial charge in [0.25, 0.3) is 0 Å². The molecule has 87 heavy (non-hydrogen) atoms. The fraction of sp³-hybridized carbons (Fsp3) is 0.926. The minimum Gasteiger partial charge on any atom is -0.466 e. The number of nitrogens with one attached hydrogen (secondary N) is 1. The number of hydrogen-bond donors (Lipinski definition) is 3. The number of aliphatic hydroxyl groups excluding tert-OH is 2. The zero-order valence-electron chi connectivity index (χ0n) is 59.3. The molecule has 0 aromatic rings. The molecule has 6 nitrogen and oxygen atoms in total. The zero-order chi connectivity index (χ0) is 62.8. The number of amides is 1. The predicted octanol–water partition coefficient (Wildman–Crippen LogP) is 26.4. The molecule has 0 saturated heterocycles. The Morgan fingerprint density at radius 3 is 0.816 bits per heavy atom. The van der Waals surface area contributed by atoms with E-state index in [1.807, 2.05) is 0 Å². The van der Waals surface area contributed by atoms with Gasteiger partial charge in [-0.1, -0.05) is 391 Å². The van der Waals surface area contributed by atoms with E-state index in [2.05, 4.69) is 43.5 Å². The first-order valence-electron chi connectivity index (χ1n) is 40.1. The predicted molar refractivity (Wildman–Crippen MR) is 384 cm³/mol. The molecular formula is C81H157NO5. The van der Waals surface area contributed by atoms with Crippen molar-refractivity contribution in [3.63, 3.8) is 0 Å². The molecule has 0 saturated carbocycles. The number of hydrogen-bond acceptors (Lipinski definition) is 5. The Kier molecular flexibility index (Phi) is 75.3. The summed E-state index contributed by atoms with van der Waals surface area (Å²) in [6.45, 7) is 4.99. The summed E-state index contributed by atoms with van der Waals surface area (Å²) in [7, 11) is 0. The van der Waals surface area contributed by atoms with E-state index in [0.29, 0.717) is 25.9 Å². The van der Waals surface area contributed by atoms with Crippen LogP contribution < -0.4 is 5.32 Å². The smallest absolute Gasteiger partial charge is 0.305 e. The van der Waals surface area contributed by atoms with Gasteiger partial charge in [-0.05, 0) is 77.0 Å². The van der Waals surface area contributed by atoms with E-state index in [9.17, 15) is 19.8 Å². The van der Waals surface area contributed by atoms with E-state index in [4.69, 9.17) is 4.74 Å². The fourth-order valence-electron chi connectivity index (χ4n) is 12.9. The van der Waals surface area contributed by atoms with Crippen molar-refractivity contribution < 1.29 is 24.5 Å². The molecule has 0 rings (SSSR count). The molecule has 2 unspecified atom stereocenters. The van der Waals surface area contributed by atoms with Gasteiger partial charge in [-0.15, -0.1) is 0 Å². The van der Waals surface area contributed by atoms with Gasteiger partial charge in [-0.2, -0.15) is 0 Å². The highest BCUT2D eigenvalue weighted by molar-refractivity contribution is 5.76. The molecule has 0 bridgehead atoms. The third kappa shape index (κ3) is 73.3. The molecule has 0 aliphatic rings. The third-order valence-electron chi connectivity index (χ3n) is 19.0. The highest BCUT2D eigenvalue weighted by Crippen LogP contribution is 2.20. The minimum atomic E-state index is -0.661. The van der Waals surface area contributed by atoms with Crippen molar-refractivity contribution in [2.24, 2.45) is 0 Å². The SMILES string of the molecule is CCCCCCCCC/C=C\CCCCCCCC(=O)OCCCCCCCCCCCCCCCCCCCC/C=C\CCCCCCCCCCCCCCCCCCCC(=O)NC(CO)C(O)CCCCCCCCCCCCCCCCC. The van der Waals surface area contributed by atoms with Crippen LogP contribution in [0.2, 0.25) is 0 Å². The Bertz CT molecular complexity index is 1360. The molecule has 0 aromatic carbocycles. The first kappa shape index (κ1) is 85.3. The van der Waals surface area contributed by atoms with Gasteiger partial charge < -0.3 is 20.3 Å². The van der Waals surface area contributed by atoms with Crippen molar-refractivity contribution in [1.29, 1.82) is 0 Å². The van der Waals surface area contributed by atoms with Crippen molar-refractivity contribution in [2.45, 2.75) is 469 Å². The summed E-state index contributed by atoms with van der Waals surface area (Å²) in [6, 6.07) is -0.538. The zero-order valence-corrected chi connectivity index (χ0v) is 59.3. The summed E-state index contributed by atoms with van der Waals surface area (Å²) >= 11 is 0. The molecule has 0 spiro atoms. The van der Waals surface area contributed by atoms with Gasteiger partial charge in [0.1, 0.15) is 0 Å². The molecule has 0 heterocycles. The van der Waals surface area contributed by atoms with E-state index in [1.54, 1.807) is 0 Å². The molecule has 6 heteroatoms. The second-order valence-electron chi connectivity index (χ2n) is 27.7. The number of allylic oxidation sites excluding steroid dienone is 4. The molecule has 0 aromatic heterocycles. The Labute approximate surface area is 545 Å². The van der Waals surface area contributed by atoms with Crippen LogP contribution in [0, 0.1) is 0 Å². The summed E-state index contributed by atoms with van der Waals surface area (Å²) in [6.07, 6.45) is 98.6. The van der Waals surface area contributed by atoms with Crippen molar-refractivity contribution in [1.82, 2.24) is 5.32 Å². The first-order chi connectivity index (χ1) is 43.0. The Hall–Kier alpha value is -1.66. The van der Waals surface area contributed by atoms with E-state index >= 15 is 0 Å². The number of esters is 1. The van der Waals surface area contributed by atoms with Crippen molar-refractivity contribution in [2.75, 3.05) is 13.2 Å². The lowest BCUT2D eigenvalue weighted by Gasteiger charge is -2.22. The summed E-state index contributed by atoms with van der Waals surface area (Å²) in [4.78, 5) is 24.6. The Morgan fingerprint density at radius 1 is 0.310 bits per heavy atom. The second kappa shape index (κ2) is 76.8. The average Bonchev–Trinajstić information content (AvgIpc) is 3.56. The van der Waals surface area contributed by atoms with Crippen LogP contribution in [0.4, 0.5) is 0 Å². The standard InChI is InChI=1S/C81H157NO5/c1-3-5-7-9-11-13-15-17-19-47-51-55-59-63-67-71-75-81(86)87-76-72-68-64-60-56-52-48-44-42-40-38-36-34-32-30-28-26-24-22-20-21-23-25-27-29-31-33-35-37-39-41-43-46-50-54-58-62-66-70-74-80(85)82-78(77-83)79(84)73-69-65-61-57-53-49-45-18-16-14-12-10-8-6-4-2/h19-21,47,78-79,83-84H,3-18,22-46,48-77H2,1-2H3,(H,82,85)/b21-20-,47-19-. The van der Waals surface area contributed by atoms with Gasteiger partial charge in [-0.3, -0.25) is 9.59 Å². The Balaban J connectivity index is 3.31. The van der Waals surface area contributed by atoms with Gasteiger partial charge in [0, 0.05) is 12.8 Å². The van der Waals surface area contributed by atoms with Gasteiger partial charge >= 0.3 is 5.97 Å². The van der Waals surface area contributed by atoms with Crippen molar-refractivity contribution >= 4 is 11.9 Å². The molecular weight excluding hydrogens is 1070 g/mol. The quantitative estimate of drug-likeness (QED) is 0.0320. The molecule has 0 radical (unpaired) electrons. The molecule has 3 N–H and O–H groups in total. The summed E-state index contributed by atoms with van der Waals surface area (Å²) in [5.74, 6) is -0.0111. The van der Waals surface area contributed by atoms with Gasteiger partial charge in [-0.25, -0.2) is 0 Å². The average molecular weight is 1230 g/mol. The van der Waals surface area contributed by atoms with E-state index in [-0.39, 0.29) is 18.5 Å². The number of carbonyl (C=O) groups is 2. The van der Waals surface area contributed by atoms with Gasteiger partial charge in [0.2, 0.25) is 5.91 Å². The van der Waals surface area contributed by atoms with Crippen molar-refractivity contribution in [3.05, 3.63) is 24.3 Å². The van der Waals surface area contributed by atoms with Crippen LogP contribution in [0.3, 0.4) is 0 Å². The number of ether oxygens (including phenoxy) is 1. The molecule has 2 atom stereocenters. The fourth-order valence-corrected chi connectivity index (χ4v) is 12.9. The number of aliphatic hydroxyl groups is 2. The normalized spacial score (nSPS) is 12.6. The topological polar surface area (TPSA) is 95.9 Å². The number of carbonyl (C=O) groups excluding carboxylic acids is 2. The van der Waals surface area contributed by atoms with Crippen LogP contribution in [0.25, 0.3) is 0 Å². The maximum Gasteiger partial charge on any atom is 0.305 e. The van der Waals surface area contributed by atoms with Crippen LogP contribution in [0.5, 0.6) is 0 Å². The monoisotopic (exact) mass is 1220 g/mol. The summed E-state index contributed by atoms with van der Waals surface area (Å²) in [5.41, 5.74) is 0. The largest absolute Gasteiger partial charge is 0.466 e.